The highest BCUT2D eigenvalue weighted by molar-refractivity contribution is 7.99. The lowest BCUT2D eigenvalue weighted by Gasteiger charge is -2.10. The maximum Gasteiger partial charge on any atom is 0.238 e. The number of nitrogens with two attached hydrogens (primary N) is 1. The Morgan fingerprint density at radius 3 is 2.84 bits per heavy atom. The van der Waals surface area contributed by atoms with Crippen LogP contribution in [-0.4, -0.2) is 26.4 Å². The molecule has 0 unspecified atom stereocenters. The van der Waals surface area contributed by atoms with Crippen LogP contribution in [0.4, 0.5) is 5.69 Å². The summed E-state index contributed by atoms with van der Waals surface area (Å²) < 4.78 is 7.43. The SMILES string of the molecule is CC(C)COc1nc(Sc2nncn2C)ccc1N. The van der Waals surface area contributed by atoms with E-state index < -0.39 is 0 Å². The van der Waals surface area contributed by atoms with Crippen LogP contribution in [0.2, 0.25) is 0 Å². The lowest BCUT2D eigenvalue weighted by Crippen LogP contribution is -2.07. The third-order valence-corrected chi connectivity index (χ3v) is 3.27. The van der Waals surface area contributed by atoms with E-state index in [1.54, 1.807) is 12.4 Å². The molecule has 0 aliphatic carbocycles. The lowest BCUT2D eigenvalue weighted by molar-refractivity contribution is 0.261. The van der Waals surface area contributed by atoms with E-state index in [1.165, 1.54) is 11.8 Å². The minimum absolute atomic E-state index is 0.427. The van der Waals surface area contributed by atoms with Crippen molar-refractivity contribution in [2.75, 3.05) is 12.3 Å². The zero-order valence-electron chi connectivity index (χ0n) is 11.2. The first-order valence-electron chi connectivity index (χ1n) is 5.97. The minimum Gasteiger partial charge on any atom is -0.476 e. The van der Waals surface area contributed by atoms with Gasteiger partial charge in [-0.2, -0.15) is 0 Å². The summed E-state index contributed by atoms with van der Waals surface area (Å²) in [5.74, 6) is 0.900. The molecule has 0 saturated carbocycles. The number of pyridine rings is 1. The fraction of sp³-hybridized carbons (Fsp3) is 0.417. The van der Waals surface area contributed by atoms with Crippen molar-refractivity contribution in [2.24, 2.45) is 13.0 Å². The summed E-state index contributed by atoms with van der Waals surface area (Å²) in [7, 11) is 1.88. The molecule has 0 aromatic carbocycles. The maximum absolute atomic E-state index is 5.85. The van der Waals surface area contributed by atoms with Crippen molar-refractivity contribution in [3.8, 4) is 5.88 Å². The summed E-state index contributed by atoms with van der Waals surface area (Å²) >= 11 is 1.42. The standard InChI is InChI=1S/C12H17N5OS/c1-8(2)6-18-11-9(13)4-5-10(15-11)19-12-16-14-7-17(12)3/h4-5,7-8H,6,13H2,1-3H3. The van der Waals surface area contributed by atoms with Gasteiger partial charge in [-0.3, -0.25) is 0 Å². The number of rotatable bonds is 5. The quantitative estimate of drug-likeness (QED) is 0.901. The van der Waals surface area contributed by atoms with Crippen LogP contribution < -0.4 is 10.5 Å². The normalized spacial score (nSPS) is 10.9. The molecule has 2 aromatic rings. The van der Waals surface area contributed by atoms with Gasteiger partial charge < -0.3 is 15.0 Å². The average molecular weight is 279 g/mol. The minimum atomic E-state index is 0.427. The van der Waals surface area contributed by atoms with E-state index >= 15 is 0 Å². The van der Waals surface area contributed by atoms with Gasteiger partial charge in [0.25, 0.3) is 0 Å². The molecule has 2 heterocycles. The zero-order valence-corrected chi connectivity index (χ0v) is 12.0. The Hall–Kier alpha value is -1.76. The van der Waals surface area contributed by atoms with Crippen molar-refractivity contribution in [3.05, 3.63) is 18.5 Å². The Labute approximate surface area is 116 Å². The van der Waals surface area contributed by atoms with Gasteiger partial charge in [0, 0.05) is 7.05 Å². The van der Waals surface area contributed by atoms with E-state index in [9.17, 15) is 0 Å². The summed E-state index contributed by atoms with van der Waals surface area (Å²) in [6, 6.07) is 3.64. The number of anilines is 1. The van der Waals surface area contributed by atoms with Gasteiger partial charge in [0.1, 0.15) is 11.4 Å². The maximum atomic E-state index is 5.85. The van der Waals surface area contributed by atoms with E-state index in [4.69, 9.17) is 10.5 Å². The largest absolute Gasteiger partial charge is 0.476 e. The van der Waals surface area contributed by atoms with Gasteiger partial charge in [-0.25, -0.2) is 4.98 Å². The van der Waals surface area contributed by atoms with Crippen LogP contribution in [0.15, 0.2) is 28.6 Å². The second kappa shape index (κ2) is 5.92. The highest BCUT2D eigenvalue weighted by Crippen LogP contribution is 2.28. The molecule has 7 heteroatoms. The van der Waals surface area contributed by atoms with E-state index in [0.29, 0.717) is 24.1 Å². The second-order valence-corrected chi connectivity index (χ2v) is 5.56. The Balaban J connectivity index is 2.14. The number of hydrogen-bond acceptors (Lipinski definition) is 6. The molecule has 102 valence electrons. The summed E-state index contributed by atoms with van der Waals surface area (Å²) in [6.45, 7) is 4.75. The first-order valence-corrected chi connectivity index (χ1v) is 6.79. The van der Waals surface area contributed by atoms with Gasteiger partial charge in [0.15, 0.2) is 5.16 Å². The Bertz CT molecular complexity index is 555. The Morgan fingerprint density at radius 2 is 2.21 bits per heavy atom. The summed E-state index contributed by atoms with van der Waals surface area (Å²) in [4.78, 5) is 4.39. The number of aryl methyl sites for hydroxylation is 1. The molecule has 19 heavy (non-hydrogen) atoms. The second-order valence-electron chi connectivity index (χ2n) is 4.58. The fourth-order valence-corrected chi connectivity index (χ4v) is 2.04. The summed E-state index contributed by atoms with van der Waals surface area (Å²) in [5, 5.41) is 9.38. The van der Waals surface area contributed by atoms with Crippen LogP contribution in [0.1, 0.15) is 13.8 Å². The van der Waals surface area contributed by atoms with Crippen LogP contribution >= 0.6 is 11.8 Å². The predicted molar refractivity (Wildman–Crippen MR) is 74.1 cm³/mol. The molecule has 2 aromatic heterocycles. The molecule has 0 fully saturated rings. The number of hydrogen-bond donors (Lipinski definition) is 1. The number of ether oxygens (including phenoxy) is 1. The van der Waals surface area contributed by atoms with Gasteiger partial charge >= 0.3 is 0 Å². The molecule has 0 radical (unpaired) electrons. The molecule has 0 spiro atoms. The molecule has 0 saturated heterocycles. The van der Waals surface area contributed by atoms with Crippen LogP contribution in [0.25, 0.3) is 0 Å². The van der Waals surface area contributed by atoms with Gasteiger partial charge in [-0.05, 0) is 29.8 Å². The molecule has 2 N–H and O–H groups in total. The van der Waals surface area contributed by atoms with Gasteiger partial charge in [0.05, 0.1) is 12.3 Å². The van der Waals surface area contributed by atoms with Gasteiger partial charge in [0.2, 0.25) is 5.88 Å². The van der Waals surface area contributed by atoms with Crippen molar-refractivity contribution < 1.29 is 4.74 Å². The molecule has 0 aliphatic rings. The van der Waals surface area contributed by atoms with Crippen molar-refractivity contribution in [1.29, 1.82) is 0 Å². The van der Waals surface area contributed by atoms with E-state index in [0.717, 1.165) is 10.2 Å². The number of aromatic nitrogens is 4. The monoisotopic (exact) mass is 279 g/mol. The molecule has 6 nitrogen and oxygen atoms in total. The van der Waals surface area contributed by atoms with E-state index in [1.807, 2.05) is 17.7 Å². The summed E-state index contributed by atoms with van der Waals surface area (Å²) in [6.07, 6.45) is 1.65. The van der Waals surface area contributed by atoms with Crippen molar-refractivity contribution in [2.45, 2.75) is 24.0 Å². The predicted octanol–water partition coefficient (Wildman–Crippen LogP) is 1.98. The smallest absolute Gasteiger partial charge is 0.238 e. The molecule has 0 amide bonds. The number of nitrogen functional groups attached to an aromatic ring is 1. The number of nitrogens with zero attached hydrogens (tertiary/aromatic N) is 4. The molecule has 0 aliphatic heterocycles. The molecule has 0 atom stereocenters. The highest BCUT2D eigenvalue weighted by atomic mass is 32.2. The van der Waals surface area contributed by atoms with Crippen molar-refractivity contribution in [1.82, 2.24) is 19.7 Å². The van der Waals surface area contributed by atoms with E-state index in [-0.39, 0.29) is 0 Å². The summed E-state index contributed by atoms with van der Waals surface area (Å²) in [5.41, 5.74) is 6.39. The van der Waals surface area contributed by atoms with E-state index in [2.05, 4.69) is 29.0 Å². The van der Waals surface area contributed by atoms with Crippen LogP contribution in [0.5, 0.6) is 5.88 Å². The molecule has 2 rings (SSSR count). The van der Waals surface area contributed by atoms with Gasteiger partial charge in [-0.1, -0.05) is 13.8 Å². The Morgan fingerprint density at radius 1 is 1.42 bits per heavy atom. The first kappa shape index (κ1) is 13.7. The lowest BCUT2D eigenvalue weighted by atomic mass is 10.2. The topological polar surface area (TPSA) is 78.9 Å². The highest BCUT2D eigenvalue weighted by Gasteiger charge is 2.09. The van der Waals surface area contributed by atoms with Crippen LogP contribution in [0, 0.1) is 5.92 Å². The molecule has 0 bridgehead atoms. The van der Waals surface area contributed by atoms with Gasteiger partial charge in [-0.15, -0.1) is 10.2 Å². The first-order chi connectivity index (χ1) is 9.06. The third-order valence-electron chi connectivity index (χ3n) is 2.28. The molecular weight excluding hydrogens is 262 g/mol. The fourth-order valence-electron chi connectivity index (χ4n) is 1.31. The van der Waals surface area contributed by atoms with Crippen molar-refractivity contribution >= 4 is 17.4 Å². The van der Waals surface area contributed by atoms with Crippen LogP contribution in [0.3, 0.4) is 0 Å². The molecular formula is C12H17N5OS. The zero-order chi connectivity index (χ0) is 13.8. The third kappa shape index (κ3) is 3.60. The average Bonchev–Trinajstić information content (AvgIpc) is 2.75. The van der Waals surface area contributed by atoms with Crippen molar-refractivity contribution in [3.63, 3.8) is 0 Å². The Kier molecular flexibility index (Phi) is 4.26. The van der Waals surface area contributed by atoms with Crippen LogP contribution in [-0.2, 0) is 7.05 Å².